The molecule has 0 radical (unpaired) electrons. The van der Waals surface area contributed by atoms with Crippen molar-refractivity contribution in [2.24, 2.45) is 0 Å². The molecule has 0 aliphatic heterocycles. The first-order valence-electron chi connectivity index (χ1n) is 7.68. The Kier molecular flexibility index (Phi) is 3.82. The van der Waals surface area contributed by atoms with E-state index in [9.17, 15) is 9.50 Å². The molecule has 4 rings (SSSR count). The number of phenolic OH excluding ortho intramolecular Hbond substituents is 1. The van der Waals surface area contributed by atoms with Gasteiger partial charge in [-0.3, -0.25) is 0 Å². The summed E-state index contributed by atoms with van der Waals surface area (Å²) in [5, 5.41) is 13.3. The lowest BCUT2D eigenvalue weighted by Gasteiger charge is -2.04. The van der Waals surface area contributed by atoms with Crippen LogP contribution in [0.15, 0.2) is 54.7 Å². The maximum absolute atomic E-state index is 13.5. The zero-order valence-corrected chi connectivity index (χ0v) is 14.1. The van der Waals surface area contributed by atoms with E-state index < -0.39 is 5.82 Å². The number of aromatic nitrogens is 2. The first-order valence-corrected chi connectivity index (χ1v) is 8.49. The second-order valence-corrected chi connectivity index (χ2v) is 6.58. The van der Waals surface area contributed by atoms with Crippen LogP contribution in [0, 0.1) is 5.82 Å². The highest BCUT2D eigenvalue weighted by molar-refractivity contribution is 7.21. The smallest absolute Gasteiger partial charge is 0.167 e. The molecule has 0 aliphatic rings. The van der Waals surface area contributed by atoms with Gasteiger partial charge in [0.1, 0.15) is 10.8 Å². The quantitative estimate of drug-likeness (QED) is 0.550. The molecule has 0 aliphatic carbocycles. The molecular weight excluding hydrogens is 337 g/mol. The van der Waals surface area contributed by atoms with Crippen molar-refractivity contribution in [2.45, 2.75) is 0 Å². The van der Waals surface area contributed by atoms with E-state index >= 15 is 0 Å². The summed E-state index contributed by atoms with van der Waals surface area (Å²) in [4.78, 5) is 8.78. The maximum Gasteiger partial charge on any atom is 0.167 e. The van der Waals surface area contributed by atoms with Crippen molar-refractivity contribution in [3.05, 3.63) is 60.5 Å². The van der Waals surface area contributed by atoms with Gasteiger partial charge in [-0.25, -0.2) is 14.4 Å². The average molecular weight is 351 g/mol. The van der Waals surface area contributed by atoms with Crippen LogP contribution in [0.2, 0.25) is 0 Å². The summed E-state index contributed by atoms with van der Waals surface area (Å²) >= 11 is 1.42. The Hall–Kier alpha value is -2.99. The fourth-order valence-corrected chi connectivity index (χ4v) is 3.56. The van der Waals surface area contributed by atoms with Gasteiger partial charge in [-0.2, -0.15) is 0 Å². The second-order valence-electron chi connectivity index (χ2n) is 5.55. The second kappa shape index (κ2) is 6.14. The van der Waals surface area contributed by atoms with Crippen molar-refractivity contribution in [3.63, 3.8) is 0 Å². The van der Waals surface area contributed by atoms with Crippen molar-refractivity contribution in [1.29, 1.82) is 0 Å². The molecule has 0 unspecified atom stereocenters. The van der Waals surface area contributed by atoms with E-state index in [0.717, 1.165) is 32.2 Å². The van der Waals surface area contributed by atoms with Crippen molar-refractivity contribution in [3.8, 4) is 27.4 Å². The van der Waals surface area contributed by atoms with Gasteiger partial charge in [0.05, 0.1) is 10.2 Å². The number of nitrogens with one attached hydrogen (secondary N) is 1. The molecule has 25 heavy (non-hydrogen) atoms. The minimum atomic E-state index is -0.655. The van der Waals surface area contributed by atoms with Crippen molar-refractivity contribution in [2.75, 3.05) is 12.4 Å². The van der Waals surface area contributed by atoms with Crippen LogP contribution in [-0.4, -0.2) is 22.1 Å². The number of phenols is 1. The molecule has 0 saturated carbocycles. The van der Waals surface area contributed by atoms with E-state index in [-0.39, 0.29) is 5.75 Å². The van der Waals surface area contributed by atoms with Crippen LogP contribution in [0.25, 0.3) is 31.9 Å². The van der Waals surface area contributed by atoms with Crippen LogP contribution in [0.3, 0.4) is 0 Å². The minimum absolute atomic E-state index is 0.351. The number of thiazole rings is 1. The fraction of sp³-hybridized carbons (Fsp3) is 0.0526. The third-order valence-corrected chi connectivity index (χ3v) is 5.01. The average Bonchev–Trinajstić information content (AvgIpc) is 3.05. The molecule has 2 aromatic heterocycles. The van der Waals surface area contributed by atoms with Gasteiger partial charge in [-0.15, -0.1) is 11.3 Å². The van der Waals surface area contributed by atoms with Gasteiger partial charge in [0.15, 0.2) is 11.6 Å². The molecule has 2 heterocycles. The Morgan fingerprint density at radius 3 is 2.40 bits per heavy atom. The van der Waals surface area contributed by atoms with E-state index in [1.165, 1.54) is 23.5 Å². The molecule has 2 N–H and O–H groups in total. The molecule has 0 fully saturated rings. The number of benzene rings is 2. The maximum atomic E-state index is 13.5. The summed E-state index contributed by atoms with van der Waals surface area (Å²) in [6.07, 6.45) is 1.82. The normalized spacial score (nSPS) is 11.0. The standard InChI is InChI=1S/C19H14FN3OS/c1-21-18-7-6-13(10-22-18)11-2-4-12(5-3-11)19-23-15-8-14(20)16(24)9-17(15)25-19/h2-10,24H,1H3,(H,21,22). The molecule has 0 amide bonds. The van der Waals surface area contributed by atoms with Gasteiger partial charge < -0.3 is 10.4 Å². The van der Waals surface area contributed by atoms with Crippen LogP contribution in [0.1, 0.15) is 0 Å². The van der Waals surface area contributed by atoms with Crippen molar-refractivity contribution < 1.29 is 9.50 Å². The number of rotatable bonds is 3. The lowest BCUT2D eigenvalue weighted by atomic mass is 10.1. The van der Waals surface area contributed by atoms with Gasteiger partial charge in [-0.1, -0.05) is 24.3 Å². The molecule has 124 valence electrons. The number of nitrogens with zero attached hydrogens (tertiary/aromatic N) is 2. The Labute approximate surface area is 147 Å². The molecule has 4 aromatic rings. The summed E-state index contributed by atoms with van der Waals surface area (Å²) in [6.45, 7) is 0. The zero-order chi connectivity index (χ0) is 17.4. The third-order valence-electron chi connectivity index (χ3n) is 3.94. The highest BCUT2D eigenvalue weighted by atomic mass is 32.1. The van der Waals surface area contributed by atoms with E-state index in [0.29, 0.717) is 5.52 Å². The molecule has 0 saturated heterocycles. The molecule has 0 atom stereocenters. The number of anilines is 1. The van der Waals surface area contributed by atoms with E-state index in [1.807, 2.05) is 49.6 Å². The monoisotopic (exact) mass is 351 g/mol. The Bertz CT molecular complexity index is 1000. The van der Waals surface area contributed by atoms with E-state index in [2.05, 4.69) is 15.3 Å². The summed E-state index contributed by atoms with van der Waals surface area (Å²) in [5.41, 5.74) is 3.58. The highest BCUT2D eigenvalue weighted by Gasteiger charge is 2.10. The first-order chi connectivity index (χ1) is 12.1. The topological polar surface area (TPSA) is 58.0 Å². The molecule has 0 spiro atoms. The van der Waals surface area contributed by atoms with Crippen LogP contribution < -0.4 is 5.32 Å². The summed E-state index contributed by atoms with van der Waals surface area (Å²) in [5.74, 6) is -0.182. The van der Waals surface area contributed by atoms with Crippen LogP contribution in [-0.2, 0) is 0 Å². The molecule has 6 heteroatoms. The summed E-state index contributed by atoms with van der Waals surface area (Å²) < 4.78 is 14.2. The van der Waals surface area contributed by atoms with Crippen LogP contribution in [0.5, 0.6) is 5.75 Å². The SMILES string of the molecule is CNc1ccc(-c2ccc(-c3nc4cc(F)c(O)cc4s3)cc2)cn1. The predicted octanol–water partition coefficient (Wildman–Crippen LogP) is 4.91. The first kappa shape index (κ1) is 15.5. The van der Waals surface area contributed by atoms with Gasteiger partial charge >= 0.3 is 0 Å². The van der Waals surface area contributed by atoms with Gasteiger partial charge in [0.2, 0.25) is 0 Å². The molecule has 2 aromatic carbocycles. The Morgan fingerprint density at radius 2 is 1.72 bits per heavy atom. The molecule has 4 nitrogen and oxygen atoms in total. The zero-order valence-electron chi connectivity index (χ0n) is 13.3. The van der Waals surface area contributed by atoms with Gasteiger partial charge in [0.25, 0.3) is 0 Å². The lowest BCUT2D eigenvalue weighted by Crippen LogP contribution is -1.91. The third kappa shape index (κ3) is 2.92. The number of halogens is 1. The molecule has 0 bridgehead atoms. The lowest BCUT2D eigenvalue weighted by molar-refractivity contribution is 0.434. The Morgan fingerprint density at radius 1 is 1.00 bits per heavy atom. The highest BCUT2D eigenvalue weighted by Crippen LogP contribution is 2.34. The van der Waals surface area contributed by atoms with Crippen LogP contribution >= 0.6 is 11.3 Å². The number of pyridine rings is 1. The van der Waals surface area contributed by atoms with Crippen LogP contribution in [0.4, 0.5) is 10.2 Å². The minimum Gasteiger partial charge on any atom is -0.505 e. The van der Waals surface area contributed by atoms with Gasteiger partial charge in [-0.05, 0) is 17.7 Å². The fourth-order valence-electron chi connectivity index (χ4n) is 2.58. The van der Waals surface area contributed by atoms with E-state index in [4.69, 9.17) is 0 Å². The number of hydrogen-bond donors (Lipinski definition) is 2. The molecular formula is C19H14FN3OS. The predicted molar refractivity (Wildman–Crippen MR) is 99.5 cm³/mol. The van der Waals surface area contributed by atoms with Gasteiger partial charge in [0, 0.05) is 36.5 Å². The summed E-state index contributed by atoms with van der Waals surface area (Å²) in [7, 11) is 1.83. The Balaban J connectivity index is 1.67. The largest absolute Gasteiger partial charge is 0.505 e. The number of aromatic hydroxyl groups is 1. The van der Waals surface area contributed by atoms with E-state index in [1.54, 1.807) is 0 Å². The number of fused-ring (bicyclic) bond motifs is 1. The van der Waals surface area contributed by atoms with Crippen molar-refractivity contribution in [1.82, 2.24) is 9.97 Å². The summed E-state index contributed by atoms with van der Waals surface area (Å²) in [6, 6.07) is 14.6. The van der Waals surface area contributed by atoms with Crippen molar-refractivity contribution >= 4 is 27.4 Å². The number of hydrogen-bond acceptors (Lipinski definition) is 5.